The van der Waals surface area contributed by atoms with E-state index in [9.17, 15) is 8.42 Å². The second kappa shape index (κ2) is 5.58. The van der Waals surface area contributed by atoms with Crippen LogP contribution in [0.3, 0.4) is 0 Å². The van der Waals surface area contributed by atoms with Crippen LogP contribution in [0.25, 0.3) is 0 Å². The van der Waals surface area contributed by atoms with E-state index in [1.807, 2.05) is 6.07 Å². The summed E-state index contributed by atoms with van der Waals surface area (Å²) in [6, 6.07) is 8.92. The third kappa shape index (κ3) is 4.58. The van der Waals surface area contributed by atoms with Gasteiger partial charge in [-0.05, 0) is 19.4 Å². The fraction of sp³-hybridized carbons (Fsp3) is 0.538. The quantitative estimate of drug-likeness (QED) is 0.771. The maximum atomic E-state index is 11.8. The van der Waals surface area contributed by atoms with Gasteiger partial charge in [0.2, 0.25) is 0 Å². The van der Waals surface area contributed by atoms with Gasteiger partial charge in [-0.15, -0.1) is 0 Å². The smallest absolute Gasteiger partial charge is 0.271 e. The van der Waals surface area contributed by atoms with Crippen LogP contribution in [0, 0.1) is 0 Å². The van der Waals surface area contributed by atoms with Crippen molar-refractivity contribution in [3.05, 3.63) is 35.9 Å². The molecular formula is C13H18O5S. The second-order valence-corrected chi connectivity index (χ2v) is 6.56. The van der Waals surface area contributed by atoms with Gasteiger partial charge in [-0.3, -0.25) is 4.18 Å². The zero-order valence-corrected chi connectivity index (χ0v) is 11.9. The molecule has 19 heavy (non-hydrogen) atoms. The van der Waals surface area contributed by atoms with Crippen molar-refractivity contribution >= 4 is 10.1 Å². The number of hydrogen-bond acceptors (Lipinski definition) is 5. The predicted molar refractivity (Wildman–Crippen MR) is 69.9 cm³/mol. The van der Waals surface area contributed by atoms with Gasteiger partial charge >= 0.3 is 0 Å². The van der Waals surface area contributed by atoms with Gasteiger partial charge in [0.15, 0.2) is 5.79 Å². The number of ether oxygens (including phenoxy) is 2. The highest BCUT2D eigenvalue weighted by Crippen LogP contribution is 2.22. The molecule has 0 unspecified atom stereocenters. The molecule has 5 nitrogen and oxygen atoms in total. The van der Waals surface area contributed by atoms with E-state index in [4.69, 9.17) is 13.7 Å². The van der Waals surface area contributed by atoms with E-state index < -0.39 is 15.9 Å². The van der Waals surface area contributed by atoms with Crippen molar-refractivity contribution in [2.24, 2.45) is 0 Å². The highest BCUT2D eigenvalue weighted by atomic mass is 32.2. The van der Waals surface area contributed by atoms with E-state index in [1.165, 1.54) is 0 Å². The molecule has 0 spiro atoms. The molecule has 1 aliphatic rings. The summed E-state index contributed by atoms with van der Waals surface area (Å²) in [6.07, 6.45) is -0.347. The maximum absolute atomic E-state index is 11.8. The normalized spacial score (nSPS) is 22.5. The monoisotopic (exact) mass is 286 g/mol. The van der Waals surface area contributed by atoms with Gasteiger partial charge in [0.05, 0.1) is 13.2 Å². The summed E-state index contributed by atoms with van der Waals surface area (Å²) < 4.78 is 39.4. The molecule has 2 rings (SSSR count). The van der Waals surface area contributed by atoms with Crippen molar-refractivity contribution in [1.82, 2.24) is 0 Å². The Morgan fingerprint density at radius 1 is 1.32 bits per heavy atom. The summed E-state index contributed by atoms with van der Waals surface area (Å²) in [7, 11) is -3.59. The van der Waals surface area contributed by atoms with Crippen LogP contribution >= 0.6 is 0 Å². The Morgan fingerprint density at radius 2 is 2.00 bits per heavy atom. The molecule has 1 aromatic carbocycles. The fourth-order valence-corrected chi connectivity index (χ4v) is 2.89. The first-order valence-electron chi connectivity index (χ1n) is 6.09. The number of rotatable bonds is 5. The van der Waals surface area contributed by atoms with Crippen molar-refractivity contribution in [3.8, 4) is 0 Å². The Hall–Kier alpha value is -0.950. The van der Waals surface area contributed by atoms with Gasteiger partial charge in [0.1, 0.15) is 11.9 Å². The summed E-state index contributed by atoms with van der Waals surface area (Å²) in [6.45, 7) is 3.89. The summed E-state index contributed by atoms with van der Waals surface area (Å²) in [5.74, 6) is -0.804. The molecular weight excluding hydrogens is 268 g/mol. The van der Waals surface area contributed by atoms with E-state index in [0.29, 0.717) is 12.2 Å². The Balaban J connectivity index is 1.85. The van der Waals surface area contributed by atoms with Gasteiger partial charge in [0, 0.05) is 0 Å². The first-order valence-corrected chi connectivity index (χ1v) is 7.67. The topological polar surface area (TPSA) is 61.8 Å². The van der Waals surface area contributed by atoms with Gasteiger partial charge in [-0.1, -0.05) is 30.3 Å². The van der Waals surface area contributed by atoms with Crippen LogP contribution in [-0.4, -0.2) is 33.5 Å². The molecule has 1 atom stereocenters. The molecule has 0 aliphatic carbocycles. The molecule has 1 heterocycles. The van der Waals surface area contributed by atoms with Crippen LogP contribution in [0.4, 0.5) is 0 Å². The third-order valence-electron chi connectivity index (χ3n) is 2.69. The fourth-order valence-electron chi connectivity index (χ4n) is 1.84. The predicted octanol–water partition coefficient (Wildman–Crippen LogP) is 1.68. The Labute approximate surface area is 113 Å². The number of benzene rings is 1. The zero-order chi connectivity index (χ0) is 13.9. The molecule has 6 heteroatoms. The van der Waals surface area contributed by atoms with E-state index in [2.05, 4.69) is 0 Å². The van der Waals surface area contributed by atoms with Crippen LogP contribution in [0.2, 0.25) is 0 Å². The Kier molecular flexibility index (Phi) is 4.25. The van der Waals surface area contributed by atoms with Crippen molar-refractivity contribution < 1.29 is 22.1 Å². The standard InChI is InChI=1S/C13H18O5S/c1-13(2)16-8-12(18-13)9-17-19(14,15)10-11-6-4-3-5-7-11/h3-7,12H,8-10H2,1-2H3/t12-/m0/s1. The molecule has 0 N–H and O–H groups in total. The molecule has 0 aromatic heterocycles. The lowest BCUT2D eigenvalue weighted by atomic mass is 10.2. The minimum absolute atomic E-state index is 0.0153. The van der Waals surface area contributed by atoms with Gasteiger partial charge in [0.25, 0.3) is 10.1 Å². The third-order valence-corrected chi connectivity index (χ3v) is 3.87. The van der Waals surface area contributed by atoms with Crippen molar-refractivity contribution in [2.45, 2.75) is 31.5 Å². The molecule has 0 amide bonds. The average Bonchev–Trinajstić information content (AvgIpc) is 2.67. The molecule has 1 fully saturated rings. The highest BCUT2D eigenvalue weighted by molar-refractivity contribution is 7.85. The molecule has 1 aromatic rings. The molecule has 0 radical (unpaired) electrons. The maximum Gasteiger partial charge on any atom is 0.271 e. The van der Waals surface area contributed by atoms with Crippen LogP contribution in [0.1, 0.15) is 19.4 Å². The molecule has 0 saturated carbocycles. The lowest BCUT2D eigenvalue weighted by Gasteiger charge is -2.16. The Bertz CT molecular complexity index is 509. The largest absolute Gasteiger partial charge is 0.348 e. The van der Waals surface area contributed by atoms with Crippen LogP contribution in [-0.2, 0) is 29.5 Å². The van der Waals surface area contributed by atoms with E-state index in [0.717, 1.165) is 0 Å². The summed E-state index contributed by atoms with van der Waals surface area (Å²) in [5, 5.41) is 0. The summed E-state index contributed by atoms with van der Waals surface area (Å²) in [4.78, 5) is 0. The van der Waals surface area contributed by atoms with Crippen LogP contribution in [0.5, 0.6) is 0 Å². The SMILES string of the molecule is CC1(C)OC[C@@H](COS(=O)(=O)Cc2ccccc2)O1. The highest BCUT2D eigenvalue weighted by Gasteiger charge is 2.33. The molecule has 1 saturated heterocycles. The van der Waals surface area contributed by atoms with E-state index in [-0.39, 0.29) is 18.5 Å². The summed E-state index contributed by atoms with van der Waals surface area (Å²) in [5.41, 5.74) is 0.700. The first-order chi connectivity index (χ1) is 8.86. The lowest BCUT2D eigenvalue weighted by molar-refractivity contribution is -0.141. The minimum Gasteiger partial charge on any atom is -0.348 e. The molecule has 1 aliphatic heterocycles. The first kappa shape index (κ1) is 14.5. The van der Waals surface area contributed by atoms with Crippen molar-refractivity contribution in [2.75, 3.05) is 13.2 Å². The van der Waals surface area contributed by atoms with Crippen LogP contribution < -0.4 is 0 Å². The van der Waals surface area contributed by atoms with Crippen molar-refractivity contribution in [3.63, 3.8) is 0 Å². The number of hydrogen-bond donors (Lipinski definition) is 0. The summed E-state index contributed by atoms with van der Waals surface area (Å²) >= 11 is 0. The average molecular weight is 286 g/mol. The van der Waals surface area contributed by atoms with E-state index >= 15 is 0 Å². The van der Waals surface area contributed by atoms with Crippen molar-refractivity contribution in [1.29, 1.82) is 0 Å². The van der Waals surface area contributed by atoms with Gasteiger partial charge in [-0.2, -0.15) is 8.42 Å². The Morgan fingerprint density at radius 3 is 2.58 bits per heavy atom. The zero-order valence-electron chi connectivity index (χ0n) is 11.0. The van der Waals surface area contributed by atoms with Gasteiger partial charge in [-0.25, -0.2) is 0 Å². The molecule has 0 bridgehead atoms. The minimum atomic E-state index is -3.59. The second-order valence-electron chi connectivity index (χ2n) is 4.92. The van der Waals surface area contributed by atoms with Gasteiger partial charge < -0.3 is 9.47 Å². The van der Waals surface area contributed by atoms with Crippen LogP contribution in [0.15, 0.2) is 30.3 Å². The van der Waals surface area contributed by atoms with E-state index in [1.54, 1.807) is 38.1 Å². The lowest BCUT2D eigenvalue weighted by Crippen LogP contribution is -2.25. The molecule has 106 valence electrons.